The average Bonchev–Trinajstić information content (AvgIpc) is 2.81. The second kappa shape index (κ2) is 7.62. The maximum Gasteiger partial charge on any atom is 0.102 e. The molecule has 1 saturated carbocycles. The van der Waals surface area contributed by atoms with Gasteiger partial charge in [-0.25, -0.2) is 0 Å². The molecule has 4 rings (SSSR count). The minimum atomic E-state index is 0.876. The molecule has 0 radical (unpaired) electrons. The van der Waals surface area contributed by atoms with Crippen molar-refractivity contribution < 1.29 is 0 Å². The Labute approximate surface area is 149 Å². The highest BCUT2D eigenvalue weighted by Crippen LogP contribution is 2.28. The summed E-state index contributed by atoms with van der Waals surface area (Å²) in [5.74, 6) is 1.30. The summed E-state index contributed by atoms with van der Waals surface area (Å²) in [5, 5.41) is 3.62. The number of allylic oxidation sites excluding steroid dienone is 2. The first-order valence-corrected chi connectivity index (χ1v) is 9.92. The zero-order chi connectivity index (χ0) is 16.2. The van der Waals surface area contributed by atoms with E-state index in [1.165, 1.54) is 60.9 Å². The van der Waals surface area contributed by atoms with E-state index in [2.05, 4.69) is 44.4 Å². The van der Waals surface area contributed by atoms with Crippen molar-refractivity contribution in [3.05, 3.63) is 47.4 Å². The van der Waals surface area contributed by atoms with Crippen molar-refractivity contribution in [3.8, 4) is 0 Å². The molecule has 128 valence electrons. The van der Waals surface area contributed by atoms with Crippen molar-refractivity contribution in [3.63, 3.8) is 0 Å². The van der Waals surface area contributed by atoms with Crippen LogP contribution >= 0.6 is 11.8 Å². The molecule has 1 saturated heterocycles. The number of rotatable bonds is 4. The lowest BCUT2D eigenvalue weighted by Gasteiger charge is -2.37. The molecule has 3 aliphatic rings. The summed E-state index contributed by atoms with van der Waals surface area (Å²) >= 11 is 1.82. The maximum absolute atomic E-state index is 4.08. The summed E-state index contributed by atoms with van der Waals surface area (Å²) in [6.07, 6.45) is 13.8. The molecule has 5 heteroatoms. The Hall–Kier alpha value is -1.46. The number of pyridine rings is 1. The second-order valence-electron chi connectivity index (χ2n) is 6.78. The van der Waals surface area contributed by atoms with E-state index < -0.39 is 0 Å². The van der Waals surface area contributed by atoms with Crippen molar-refractivity contribution >= 4 is 11.8 Å². The summed E-state index contributed by atoms with van der Waals surface area (Å²) < 4.78 is 0. The molecule has 1 aromatic rings. The lowest BCUT2D eigenvalue weighted by Crippen LogP contribution is -2.42. The minimum absolute atomic E-state index is 0.876. The lowest BCUT2D eigenvalue weighted by atomic mass is 9.91. The van der Waals surface area contributed by atoms with Gasteiger partial charge in [0.2, 0.25) is 0 Å². The Morgan fingerprint density at radius 3 is 2.58 bits per heavy atom. The van der Waals surface area contributed by atoms with Gasteiger partial charge in [-0.05, 0) is 43.5 Å². The molecule has 4 nitrogen and oxygen atoms in total. The van der Waals surface area contributed by atoms with Crippen molar-refractivity contribution in [1.82, 2.24) is 20.1 Å². The molecule has 1 aliphatic carbocycles. The van der Waals surface area contributed by atoms with E-state index in [4.69, 9.17) is 0 Å². The van der Waals surface area contributed by atoms with E-state index >= 15 is 0 Å². The number of thioether (sulfide) groups is 1. The molecule has 0 unspecified atom stereocenters. The third kappa shape index (κ3) is 3.78. The standard InChI is InChI=1S/C19H26N4S/c1-3-16(4-1)22-11-2-12-23(14-13-22)19-6-5-18(15-21-19)24-17-7-9-20-10-8-17/h5-10,16,21H,1-4,11-15H2. The van der Waals surface area contributed by atoms with Crippen LogP contribution in [0.4, 0.5) is 0 Å². The molecule has 2 aliphatic heterocycles. The molecule has 2 fully saturated rings. The highest BCUT2D eigenvalue weighted by atomic mass is 32.2. The van der Waals surface area contributed by atoms with Crippen molar-refractivity contribution in [2.75, 3.05) is 32.7 Å². The molecule has 24 heavy (non-hydrogen) atoms. The normalized spacial score (nSPS) is 22.9. The van der Waals surface area contributed by atoms with E-state index in [9.17, 15) is 0 Å². The van der Waals surface area contributed by atoms with Crippen LogP contribution < -0.4 is 5.32 Å². The maximum atomic E-state index is 4.08. The third-order valence-corrected chi connectivity index (χ3v) is 6.28. The molecule has 0 amide bonds. The van der Waals surface area contributed by atoms with Crippen molar-refractivity contribution in [1.29, 1.82) is 0 Å². The highest BCUT2D eigenvalue weighted by Gasteiger charge is 2.27. The van der Waals surface area contributed by atoms with Gasteiger partial charge < -0.3 is 10.2 Å². The predicted octanol–water partition coefficient (Wildman–Crippen LogP) is 3.06. The van der Waals surface area contributed by atoms with Gasteiger partial charge in [-0.15, -0.1) is 0 Å². The number of nitrogens with one attached hydrogen (secondary N) is 1. The number of hydrogen-bond donors (Lipinski definition) is 1. The van der Waals surface area contributed by atoms with Gasteiger partial charge in [0.05, 0.1) is 0 Å². The summed E-state index contributed by atoms with van der Waals surface area (Å²) in [6, 6.07) is 5.00. The smallest absolute Gasteiger partial charge is 0.102 e. The van der Waals surface area contributed by atoms with Crippen molar-refractivity contribution in [2.45, 2.75) is 36.6 Å². The van der Waals surface area contributed by atoms with Gasteiger partial charge in [0.15, 0.2) is 0 Å². The molecule has 0 bridgehead atoms. The molecule has 1 aromatic heterocycles. The fraction of sp³-hybridized carbons (Fsp3) is 0.526. The van der Waals surface area contributed by atoms with Crippen LogP contribution in [-0.2, 0) is 0 Å². The Morgan fingerprint density at radius 1 is 1.00 bits per heavy atom. The summed E-state index contributed by atoms with van der Waals surface area (Å²) in [7, 11) is 0. The Morgan fingerprint density at radius 2 is 1.88 bits per heavy atom. The molecular weight excluding hydrogens is 316 g/mol. The van der Waals surface area contributed by atoms with Crippen LogP contribution in [0.3, 0.4) is 0 Å². The molecular formula is C19H26N4S. The van der Waals surface area contributed by atoms with Gasteiger partial charge >= 0.3 is 0 Å². The minimum Gasteiger partial charge on any atom is -0.367 e. The van der Waals surface area contributed by atoms with Crippen LogP contribution in [0.15, 0.2) is 52.3 Å². The van der Waals surface area contributed by atoms with E-state index in [1.807, 2.05) is 24.2 Å². The van der Waals surface area contributed by atoms with E-state index in [-0.39, 0.29) is 0 Å². The van der Waals surface area contributed by atoms with Gasteiger partial charge in [-0.2, -0.15) is 0 Å². The lowest BCUT2D eigenvalue weighted by molar-refractivity contribution is 0.132. The van der Waals surface area contributed by atoms with Gasteiger partial charge in [0.25, 0.3) is 0 Å². The number of aromatic nitrogens is 1. The van der Waals surface area contributed by atoms with E-state index in [1.54, 1.807) is 0 Å². The number of nitrogens with zero attached hydrogens (tertiary/aromatic N) is 3. The van der Waals surface area contributed by atoms with Crippen molar-refractivity contribution in [2.24, 2.45) is 0 Å². The first-order chi connectivity index (χ1) is 11.9. The molecule has 1 N–H and O–H groups in total. The second-order valence-corrected chi connectivity index (χ2v) is 7.98. The highest BCUT2D eigenvalue weighted by molar-refractivity contribution is 8.03. The number of dihydropyridines is 1. The van der Waals surface area contributed by atoms with Crippen LogP contribution in [0.25, 0.3) is 0 Å². The summed E-state index contributed by atoms with van der Waals surface area (Å²) in [4.78, 5) is 11.9. The largest absolute Gasteiger partial charge is 0.367 e. The summed E-state index contributed by atoms with van der Waals surface area (Å²) in [6.45, 7) is 5.72. The Bertz CT molecular complexity index is 609. The van der Waals surface area contributed by atoms with Crippen LogP contribution in [0.1, 0.15) is 25.7 Å². The monoisotopic (exact) mass is 342 g/mol. The fourth-order valence-corrected chi connectivity index (χ4v) is 4.45. The summed E-state index contributed by atoms with van der Waals surface area (Å²) in [5.41, 5.74) is 0. The molecule has 0 atom stereocenters. The quantitative estimate of drug-likeness (QED) is 0.909. The Balaban J connectivity index is 1.35. The van der Waals surface area contributed by atoms with E-state index in [0.29, 0.717) is 0 Å². The van der Waals surface area contributed by atoms with Crippen LogP contribution in [0.2, 0.25) is 0 Å². The molecule has 0 aromatic carbocycles. The van der Waals surface area contributed by atoms with Crippen LogP contribution in [-0.4, -0.2) is 53.5 Å². The molecule has 3 heterocycles. The number of hydrogen-bond acceptors (Lipinski definition) is 5. The van der Waals surface area contributed by atoms with Crippen LogP contribution in [0.5, 0.6) is 0 Å². The SMILES string of the molecule is C1=C(Sc2ccncc2)CNC(N2CCCN(C3CCC3)CC2)=C1. The molecule has 0 spiro atoms. The predicted molar refractivity (Wildman–Crippen MR) is 99.7 cm³/mol. The first kappa shape index (κ1) is 16.0. The zero-order valence-electron chi connectivity index (χ0n) is 14.2. The average molecular weight is 343 g/mol. The van der Waals surface area contributed by atoms with E-state index in [0.717, 1.165) is 19.1 Å². The zero-order valence-corrected chi connectivity index (χ0v) is 15.0. The van der Waals surface area contributed by atoms with Crippen LogP contribution in [0, 0.1) is 0 Å². The topological polar surface area (TPSA) is 31.4 Å². The van der Waals surface area contributed by atoms with Gasteiger partial charge in [0, 0.05) is 61.0 Å². The first-order valence-electron chi connectivity index (χ1n) is 9.10. The fourth-order valence-electron chi connectivity index (χ4n) is 3.61. The third-order valence-electron chi connectivity index (χ3n) is 5.23. The van der Waals surface area contributed by atoms with Gasteiger partial charge in [0.1, 0.15) is 5.82 Å². The van der Waals surface area contributed by atoms with Gasteiger partial charge in [-0.3, -0.25) is 9.88 Å². The Kier molecular flexibility index (Phi) is 5.09. The van der Waals surface area contributed by atoms with Gasteiger partial charge in [-0.1, -0.05) is 18.2 Å².